The van der Waals surface area contributed by atoms with Crippen molar-refractivity contribution in [2.45, 2.75) is 25.9 Å². The molecule has 2 heterocycles. The van der Waals surface area contributed by atoms with E-state index in [1.54, 1.807) is 14.2 Å². The van der Waals surface area contributed by atoms with Crippen molar-refractivity contribution in [3.63, 3.8) is 0 Å². The van der Waals surface area contributed by atoms with Crippen molar-refractivity contribution in [3.05, 3.63) is 46.2 Å². The van der Waals surface area contributed by atoms with Crippen molar-refractivity contribution >= 4 is 17.3 Å². The fourth-order valence-electron chi connectivity index (χ4n) is 3.72. The normalized spacial score (nSPS) is 17.8. The molecule has 1 atom stereocenters. The second-order valence-electron chi connectivity index (χ2n) is 7.31. The minimum atomic E-state index is 0.637. The molecule has 1 aliphatic rings. The van der Waals surface area contributed by atoms with Gasteiger partial charge in [-0.1, -0.05) is 6.07 Å². The SMILES string of the molecule is CN=C(NCc1ccc(OC)cc1OC)NCC1CCCN(Cc2cccs2)C1. The van der Waals surface area contributed by atoms with Crippen LogP contribution in [0.2, 0.25) is 0 Å². The van der Waals surface area contributed by atoms with Crippen LogP contribution in [0.5, 0.6) is 11.5 Å². The van der Waals surface area contributed by atoms with Gasteiger partial charge < -0.3 is 20.1 Å². The second kappa shape index (κ2) is 11.1. The summed E-state index contributed by atoms with van der Waals surface area (Å²) >= 11 is 1.84. The summed E-state index contributed by atoms with van der Waals surface area (Å²) in [5, 5.41) is 9.05. The third-order valence-corrected chi connectivity index (χ3v) is 6.15. The van der Waals surface area contributed by atoms with E-state index >= 15 is 0 Å². The van der Waals surface area contributed by atoms with Gasteiger partial charge in [-0.15, -0.1) is 11.3 Å². The van der Waals surface area contributed by atoms with Gasteiger partial charge in [0.2, 0.25) is 0 Å². The van der Waals surface area contributed by atoms with Crippen molar-refractivity contribution in [1.29, 1.82) is 0 Å². The van der Waals surface area contributed by atoms with E-state index in [-0.39, 0.29) is 0 Å². The summed E-state index contributed by atoms with van der Waals surface area (Å²) in [6.45, 7) is 4.97. The highest BCUT2D eigenvalue weighted by atomic mass is 32.1. The lowest BCUT2D eigenvalue weighted by atomic mass is 9.98. The predicted octanol–water partition coefficient (Wildman–Crippen LogP) is 3.34. The lowest BCUT2D eigenvalue weighted by molar-refractivity contribution is 0.169. The Morgan fingerprint density at radius 2 is 2.14 bits per heavy atom. The number of nitrogens with one attached hydrogen (secondary N) is 2. The average Bonchev–Trinajstić information content (AvgIpc) is 3.27. The van der Waals surface area contributed by atoms with E-state index in [1.807, 2.05) is 36.6 Å². The standard InChI is InChI=1S/C22H32N4O2S/c1-23-22(25-14-18-8-9-19(27-2)12-21(18)28-3)24-13-17-6-4-10-26(15-17)16-20-7-5-11-29-20/h5,7-9,11-12,17H,4,6,10,13-16H2,1-3H3,(H2,23,24,25). The molecule has 2 aromatic rings. The first-order valence-electron chi connectivity index (χ1n) is 10.1. The van der Waals surface area contributed by atoms with Gasteiger partial charge in [0.15, 0.2) is 5.96 Å². The fraction of sp³-hybridized carbons (Fsp3) is 0.500. The topological polar surface area (TPSA) is 58.1 Å². The zero-order valence-corrected chi connectivity index (χ0v) is 18.4. The summed E-state index contributed by atoms with van der Waals surface area (Å²) in [6.07, 6.45) is 2.52. The molecule has 1 aromatic carbocycles. The summed E-state index contributed by atoms with van der Waals surface area (Å²) in [4.78, 5) is 8.39. The minimum Gasteiger partial charge on any atom is -0.497 e. The molecule has 1 aliphatic heterocycles. The molecule has 7 heteroatoms. The Morgan fingerprint density at radius 3 is 2.86 bits per heavy atom. The van der Waals surface area contributed by atoms with Crippen LogP contribution in [-0.4, -0.2) is 51.8 Å². The molecule has 1 saturated heterocycles. The number of piperidine rings is 1. The van der Waals surface area contributed by atoms with E-state index in [9.17, 15) is 0 Å². The summed E-state index contributed by atoms with van der Waals surface area (Å²) in [5.41, 5.74) is 1.07. The minimum absolute atomic E-state index is 0.637. The Balaban J connectivity index is 1.46. The zero-order chi connectivity index (χ0) is 20.5. The molecule has 29 heavy (non-hydrogen) atoms. The molecular formula is C22H32N4O2S. The van der Waals surface area contributed by atoms with Gasteiger partial charge in [-0.2, -0.15) is 0 Å². The molecule has 0 spiro atoms. The number of rotatable bonds is 8. The highest BCUT2D eigenvalue weighted by molar-refractivity contribution is 7.09. The van der Waals surface area contributed by atoms with Gasteiger partial charge in [0.25, 0.3) is 0 Å². The highest BCUT2D eigenvalue weighted by Crippen LogP contribution is 2.24. The van der Waals surface area contributed by atoms with Crippen molar-refractivity contribution in [1.82, 2.24) is 15.5 Å². The van der Waals surface area contributed by atoms with E-state index in [0.717, 1.165) is 42.7 Å². The van der Waals surface area contributed by atoms with Crippen molar-refractivity contribution in [2.75, 3.05) is 40.9 Å². The average molecular weight is 417 g/mol. The molecule has 6 nitrogen and oxygen atoms in total. The number of aliphatic imine (C=N–C) groups is 1. The first kappa shape index (κ1) is 21.5. The van der Waals surface area contributed by atoms with Crippen molar-refractivity contribution in [2.24, 2.45) is 10.9 Å². The molecule has 0 amide bonds. The highest BCUT2D eigenvalue weighted by Gasteiger charge is 2.20. The van der Waals surface area contributed by atoms with Crippen molar-refractivity contribution < 1.29 is 9.47 Å². The first-order chi connectivity index (χ1) is 14.2. The predicted molar refractivity (Wildman–Crippen MR) is 120 cm³/mol. The molecular weight excluding hydrogens is 384 g/mol. The Hall–Kier alpha value is -2.25. The van der Waals surface area contributed by atoms with Gasteiger partial charge >= 0.3 is 0 Å². The van der Waals surface area contributed by atoms with Crippen LogP contribution in [0.1, 0.15) is 23.3 Å². The molecule has 3 rings (SSSR count). The maximum absolute atomic E-state index is 5.48. The Bertz CT molecular complexity index is 779. The molecule has 0 aliphatic carbocycles. The van der Waals surface area contributed by atoms with Gasteiger partial charge in [-0.3, -0.25) is 9.89 Å². The van der Waals surface area contributed by atoms with Gasteiger partial charge in [0, 0.05) is 49.7 Å². The van der Waals surface area contributed by atoms with E-state index in [2.05, 4.69) is 38.0 Å². The Morgan fingerprint density at radius 1 is 1.24 bits per heavy atom. The summed E-state index contributed by atoms with van der Waals surface area (Å²) < 4.78 is 10.7. The smallest absolute Gasteiger partial charge is 0.191 e. The number of guanidine groups is 1. The van der Waals surface area contributed by atoms with E-state index in [1.165, 1.54) is 24.3 Å². The largest absolute Gasteiger partial charge is 0.497 e. The number of benzene rings is 1. The number of hydrogen-bond acceptors (Lipinski definition) is 5. The van der Waals surface area contributed by atoms with Crippen LogP contribution in [0.25, 0.3) is 0 Å². The lowest BCUT2D eigenvalue weighted by Crippen LogP contribution is -2.44. The molecule has 1 unspecified atom stereocenters. The summed E-state index contributed by atoms with van der Waals surface area (Å²) in [6, 6.07) is 10.2. The Labute approximate surface area is 177 Å². The number of ether oxygens (including phenoxy) is 2. The van der Waals surface area contributed by atoms with Crippen LogP contribution in [0.4, 0.5) is 0 Å². The van der Waals surface area contributed by atoms with Crippen molar-refractivity contribution in [3.8, 4) is 11.5 Å². The number of nitrogens with zero attached hydrogens (tertiary/aromatic N) is 2. The van der Waals surface area contributed by atoms with Crippen LogP contribution in [0, 0.1) is 5.92 Å². The number of hydrogen-bond donors (Lipinski definition) is 2. The van der Waals surface area contributed by atoms with Crippen LogP contribution < -0.4 is 20.1 Å². The molecule has 158 valence electrons. The second-order valence-corrected chi connectivity index (χ2v) is 8.34. The van der Waals surface area contributed by atoms with Crippen LogP contribution >= 0.6 is 11.3 Å². The molecule has 0 saturated carbocycles. The number of methoxy groups -OCH3 is 2. The zero-order valence-electron chi connectivity index (χ0n) is 17.6. The van der Waals surface area contributed by atoms with Gasteiger partial charge in [-0.05, 0) is 48.9 Å². The number of likely N-dealkylation sites (tertiary alicyclic amines) is 1. The van der Waals surface area contributed by atoms with Crippen LogP contribution in [-0.2, 0) is 13.1 Å². The van der Waals surface area contributed by atoms with E-state index in [0.29, 0.717) is 12.5 Å². The maximum atomic E-state index is 5.48. The summed E-state index contributed by atoms with van der Waals surface area (Å²) in [5.74, 6) is 3.05. The summed E-state index contributed by atoms with van der Waals surface area (Å²) in [7, 11) is 5.15. The van der Waals surface area contributed by atoms with Crippen LogP contribution in [0.15, 0.2) is 40.7 Å². The first-order valence-corrected chi connectivity index (χ1v) is 11.0. The molecule has 1 fully saturated rings. The fourth-order valence-corrected chi connectivity index (χ4v) is 4.47. The monoisotopic (exact) mass is 416 g/mol. The third kappa shape index (κ3) is 6.37. The van der Waals surface area contributed by atoms with Gasteiger partial charge in [0.05, 0.1) is 14.2 Å². The lowest BCUT2D eigenvalue weighted by Gasteiger charge is -2.32. The molecule has 0 radical (unpaired) electrons. The van der Waals surface area contributed by atoms with Gasteiger partial charge in [0.1, 0.15) is 11.5 Å². The third-order valence-electron chi connectivity index (χ3n) is 5.28. The maximum Gasteiger partial charge on any atom is 0.191 e. The van der Waals surface area contributed by atoms with Crippen LogP contribution in [0.3, 0.4) is 0 Å². The Kier molecular flexibility index (Phi) is 8.19. The number of thiophene rings is 1. The van der Waals surface area contributed by atoms with E-state index in [4.69, 9.17) is 9.47 Å². The van der Waals surface area contributed by atoms with Gasteiger partial charge in [-0.25, -0.2) is 0 Å². The quantitative estimate of drug-likeness (QED) is 0.511. The molecule has 2 N–H and O–H groups in total. The van der Waals surface area contributed by atoms with E-state index < -0.39 is 0 Å². The molecule has 0 bridgehead atoms. The molecule has 1 aromatic heterocycles.